The van der Waals surface area contributed by atoms with Gasteiger partial charge in [0.15, 0.2) is 0 Å². The van der Waals surface area contributed by atoms with Crippen molar-refractivity contribution in [1.82, 2.24) is 15.5 Å². The van der Waals surface area contributed by atoms with Gasteiger partial charge in [-0.1, -0.05) is 16.8 Å². The van der Waals surface area contributed by atoms with Crippen LogP contribution in [0.5, 0.6) is 5.75 Å². The van der Waals surface area contributed by atoms with E-state index in [1.54, 1.807) is 12.1 Å². The highest BCUT2D eigenvalue weighted by atomic mass is 35.5. The molecule has 0 saturated heterocycles. The van der Waals surface area contributed by atoms with Crippen molar-refractivity contribution in [3.8, 4) is 17.1 Å². The standard InChI is InChI=1S/C18H13ClF3N3O4/c19-12-5-1-11(2-6-12)16(27)23-14(9-26)17-24-15(25-29-17)10-3-7-13(8-4-10)28-18(20,21)22/h1-8,14,26H,9H2,(H,23,27)/t14-/m0/s1. The molecule has 0 aliphatic rings. The summed E-state index contributed by atoms with van der Waals surface area (Å²) in [5.41, 5.74) is 0.670. The lowest BCUT2D eigenvalue weighted by Gasteiger charge is -2.12. The van der Waals surface area contributed by atoms with Crippen LogP contribution in [0.2, 0.25) is 5.02 Å². The summed E-state index contributed by atoms with van der Waals surface area (Å²) < 4.78 is 45.5. The Labute approximate surface area is 167 Å². The van der Waals surface area contributed by atoms with E-state index in [1.165, 1.54) is 24.3 Å². The largest absolute Gasteiger partial charge is 0.573 e. The first-order chi connectivity index (χ1) is 13.7. The lowest BCUT2D eigenvalue weighted by Crippen LogP contribution is -2.31. The number of aromatic nitrogens is 2. The van der Waals surface area contributed by atoms with Gasteiger partial charge in [-0.2, -0.15) is 4.98 Å². The number of nitrogens with zero attached hydrogens (tertiary/aromatic N) is 2. The zero-order chi connectivity index (χ0) is 21.0. The molecule has 2 aromatic carbocycles. The molecule has 0 spiro atoms. The Morgan fingerprint density at radius 2 is 1.83 bits per heavy atom. The quantitative estimate of drug-likeness (QED) is 0.621. The van der Waals surface area contributed by atoms with Gasteiger partial charge in [-0.15, -0.1) is 13.2 Å². The Hall–Kier alpha value is -3.11. The van der Waals surface area contributed by atoms with Crippen LogP contribution >= 0.6 is 11.6 Å². The predicted octanol–water partition coefficient (Wildman–Crippen LogP) is 3.75. The molecule has 1 amide bonds. The van der Waals surface area contributed by atoms with E-state index >= 15 is 0 Å². The minimum Gasteiger partial charge on any atom is -0.406 e. The third-order valence-corrected chi connectivity index (χ3v) is 3.93. The summed E-state index contributed by atoms with van der Waals surface area (Å²) in [6.45, 7) is -0.515. The maximum Gasteiger partial charge on any atom is 0.573 e. The molecule has 29 heavy (non-hydrogen) atoms. The fraction of sp³-hybridized carbons (Fsp3) is 0.167. The molecular formula is C18H13ClF3N3O4. The topological polar surface area (TPSA) is 97.5 Å². The van der Waals surface area contributed by atoms with Crippen LogP contribution in [-0.2, 0) is 0 Å². The third kappa shape index (κ3) is 5.46. The van der Waals surface area contributed by atoms with Gasteiger partial charge in [-0.25, -0.2) is 0 Å². The summed E-state index contributed by atoms with van der Waals surface area (Å²) in [5, 5.41) is 16.3. The highest BCUT2D eigenvalue weighted by molar-refractivity contribution is 6.30. The van der Waals surface area contributed by atoms with Crippen molar-refractivity contribution in [3.05, 3.63) is 65.0 Å². The van der Waals surface area contributed by atoms with Crippen molar-refractivity contribution in [2.45, 2.75) is 12.4 Å². The van der Waals surface area contributed by atoms with E-state index in [1.807, 2.05) is 0 Å². The van der Waals surface area contributed by atoms with Crippen LogP contribution in [-0.4, -0.2) is 34.1 Å². The Bertz CT molecular complexity index is 975. The monoisotopic (exact) mass is 427 g/mol. The van der Waals surface area contributed by atoms with E-state index in [0.29, 0.717) is 16.1 Å². The minimum absolute atomic E-state index is 0.0674. The molecule has 0 fully saturated rings. The number of aliphatic hydroxyl groups is 1. The number of carbonyl (C=O) groups excluding carboxylic acids is 1. The van der Waals surface area contributed by atoms with Crippen molar-refractivity contribution in [2.24, 2.45) is 0 Å². The molecule has 3 aromatic rings. The average molecular weight is 428 g/mol. The average Bonchev–Trinajstić information content (AvgIpc) is 3.15. The fourth-order valence-corrected chi connectivity index (χ4v) is 2.45. The van der Waals surface area contributed by atoms with Crippen molar-refractivity contribution >= 4 is 17.5 Å². The van der Waals surface area contributed by atoms with Crippen molar-refractivity contribution < 1.29 is 32.3 Å². The number of alkyl halides is 3. The van der Waals surface area contributed by atoms with Crippen LogP contribution in [0.3, 0.4) is 0 Å². The van der Waals surface area contributed by atoms with Crippen LogP contribution in [0.15, 0.2) is 53.1 Å². The summed E-state index contributed by atoms with van der Waals surface area (Å²) in [4.78, 5) is 16.3. The van der Waals surface area contributed by atoms with E-state index in [9.17, 15) is 23.1 Å². The van der Waals surface area contributed by atoms with E-state index < -0.39 is 30.7 Å². The minimum atomic E-state index is -4.79. The van der Waals surface area contributed by atoms with Gasteiger partial charge < -0.3 is 19.7 Å². The zero-order valence-electron chi connectivity index (χ0n) is 14.5. The van der Waals surface area contributed by atoms with Crippen molar-refractivity contribution in [3.63, 3.8) is 0 Å². The smallest absolute Gasteiger partial charge is 0.406 e. The molecule has 7 nitrogen and oxygen atoms in total. The number of rotatable bonds is 6. The molecule has 0 saturated carbocycles. The Kier molecular flexibility index (Phi) is 6.04. The zero-order valence-corrected chi connectivity index (χ0v) is 15.2. The van der Waals surface area contributed by atoms with Gasteiger partial charge in [0.05, 0.1) is 6.61 Å². The number of nitrogens with one attached hydrogen (secondary N) is 1. The number of hydrogen-bond donors (Lipinski definition) is 2. The maximum atomic E-state index is 12.3. The van der Waals surface area contributed by atoms with Crippen LogP contribution in [0.25, 0.3) is 11.4 Å². The summed E-state index contributed by atoms with van der Waals surface area (Å²) >= 11 is 5.78. The number of ether oxygens (including phenoxy) is 1. The Morgan fingerprint density at radius 1 is 1.17 bits per heavy atom. The lowest BCUT2D eigenvalue weighted by molar-refractivity contribution is -0.274. The van der Waals surface area contributed by atoms with Crippen LogP contribution in [0.4, 0.5) is 13.2 Å². The molecule has 0 bridgehead atoms. The van der Waals surface area contributed by atoms with E-state index in [0.717, 1.165) is 12.1 Å². The second-order valence-corrected chi connectivity index (χ2v) is 6.18. The molecule has 0 radical (unpaired) electrons. The molecule has 0 aliphatic carbocycles. The summed E-state index contributed by atoms with van der Waals surface area (Å²) in [7, 11) is 0. The third-order valence-electron chi connectivity index (χ3n) is 3.68. The molecule has 2 N–H and O–H groups in total. The van der Waals surface area contributed by atoms with Gasteiger partial charge in [0.1, 0.15) is 11.8 Å². The number of amides is 1. The van der Waals surface area contributed by atoms with Crippen molar-refractivity contribution in [2.75, 3.05) is 6.61 Å². The second-order valence-electron chi connectivity index (χ2n) is 5.74. The molecule has 1 aromatic heterocycles. The van der Waals surface area contributed by atoms with Gasteiger partial charge in [0.25, 0.3) is 11.8 Å². The van der Waals surface area contributed by atoms with Crippen LogP contribution in [0.1, 0.15) is 22.3 Å². The van der Waals surface area contributed by atoms with Gasteiger partial charge in [0, 0.05) is 16.1 Å². The predicted molar refractivity (Wildman–Crippen MR) is 95.2 cm³/mol. The van der Waals surface area contributed by atoms with Crippen LogP contribution in [0, 0.1) is 0 Å². The Balaban J connectivity index is 1.71. The van der Waals surface area contributed by atoms with Gasteiger partial charge in [0.2, 0.25) is 5.82 Å². The number of benzene rings is 2. The lowest BCUT2D eigenvalue weighted by atomic mass is 10.2. The summed E-state index contributed by atoms with van der Waals surface area (Å²) in [5.74, 6) is -0.888. The fourth-order valence-electron chi connectivity index (χ4n) is 2.33. The molecule has 152 valence electrons. The van der Waals surface area contributed by atoms with E-state index in [2.05, 4.69) is 20.2 Å². The summed E-state index contributed by atoms with van der Waals surface area (Å²) in [6, 6.07) is 9.96. The Morgan fingerprint density at radius 3 is 2.41 bits per heavy atom. The van der Waals surface area contributed by atoms with Gasteiger partial charge >= 0.3 is 6.36 Å². The van der Waals surface area contributed by atoms with Gasteiger partial charge in [-0.05, 0) is 48.5 Å². The molecular weight excluding hydrogens is 415 g/mol. The normalized spacial score (nSPS) is 12.4. The molecule has 0 unspecified atom stereocenters. The molecule has 3 rings (SSSR count). The van der Waals surface area contributed by atoms with Gasteiger partial charge in [-0.3, -0.25) is 4.79 Å². The highest BCUT2D eigenvalue weighted by Crippen LogP contribution is 2.26. The number of hydrogen-bond acceptors (Lipinski definition) is 6. The first-order valence-electron chi connectivity index (χ1n) is 8.12. The second kappa shape index (κ2) is 8.50. The molecule has 0 aliphatic heterocycles. The highest BCUT2D eigenvalue weighted by Gasteiger charge is 2.31. The maximum absolute atomic E-state index is 12.3. The van der Waals surface area contributed by atoms with Crippen LogP contribution < -0.4 is 10.1 Å². The van der Waals surface area contributed by atoms with Crippen molar-refractivity contribution in [1.29, 1.82) is 0 Å². The number of aliphatic hydroxyl groups excluding tert-OH is 1. The molecule has 1 heterocycles. The number of halogens is 4. The summed E-state index contributed by atoms with van der Waals surface area (Å²) in [6.07, 6.45) is -4.79. The SMILES string of the molecule is O=C(N[C@@H](CO)c1nc(-c2ccc(OC(F)(F)F)cc2)no1)c1ccc(Cl)cc1. The number of carbonyl (C=O) groups is 1. The first-order valence-corrected chi connectivity index (χ1v) is 8.50. The van der Waals surface area contributed by atoms with E-state index in [4.69, 9.17) is 16.1 Å². The van der Waals surface area contributed by atoms with E-state index in [-0.39, 0.29) is 11.7 Å². The molecule has 1 atom stereocenters. The first kappa shape index (κ1) is 20.6. The molecule has 11 heteroatoms.